The summed E-state index contributed by atoms with van der Waals surface area (Å²) >= 11 is 0. The summed E-state index contributed by atoms with van der Waals surface area (Å²) in [5.74, 6) is 1.04. The van der Waals surface area contributed by atoms with Crippen molar-refractivity contribution in [1.82, 2.24) is 4.90 Å². The molecular formula is C14H21NO2. The van der Waals surface area contributed by atoms with Gasteiger partial charge in [0.05, 0.1) is 6.61 Å². The van der Waals surface area contributed by atoms with Crippen LogP contribution in [-0.2, 0) is 11.2 Å². The second-order valence-corrected chi connectivity index (χ2v) is 4.24. The highest BCUT2D eigenvalue weighted by Crippen LogP contribution is 2.14. The Bertz CT molecular complexity index is 361. The van der Waals surface area contributed by atoms with Gasteiger partial charge in [0.25, 0.3) is 0 Å². The van der Waals surface area contributed by atoms with Crippen LogP contribution in [0.25, 0.3) is 0 Å². The fourth-order valence-electron chi connectivity index (χ4n) is 1.49. The number of nitrogens with zero attached hydrogens (tertiary/aromatic N) is 1. The molecule has 1 rings (SSSR count). The van der Waals surface area contributed by atoms with Gasteiger partial charge in [0.2, 0.25) is 5.91 Å². The SMILES string of the molecule is CCc1cccc(OCCCC(=O)N(C)C)c1. The Kier molecular flexibility index (Phi) is 5.53. The number of aryl methyl sites for hydroxylation is 1. The molecule has 0 N–H and O–H groups in total. The quantitative estimate of drug-likeness (QED) is 0.709. The van der Waals surface area contributed by atoms with Crippen molar-refractivity contribution in [3.8, 4) is 5.75 Å². The van der Waals surface area contributed by atoms with Crippen LogP contribution in [0.1, 0.15) is 25.3 Å². The van der Waals surface area contributed by atoms with E-state index in [0.717, 1.165) is 18.6 Å². The highest BCUT2D eigenvalue weighted by Gasteiger charge is 2.03. The Balaban J connectivity index is 2.28. The first kappa shape index (κ1) is 13.6. The van der Waals surface area contributed by atoms with Gasteiger partial charge in [-0.3, -0.25) is 4.79 Å². The van der Waals surface area contributed by atoms with Gasteiger partial charge < -0.3 is 9.64 Å². The monoisotopic (exact) mass is 235 g/mol. The number of ether oxygens (including phenoxy) is 1. The van der Waals surface area contributed by atoms with Crippen molar-refractivity contribution in [2.75, 3.05) is 20.7 Å². The molecule has 0 heterocycles. The van der Waals surface area contributed by atoms with Crippen LogP contribution in [0.4, 0.5) is 0 Å². The molecule has 0 spiro atoms. The maximum Gasteiger partial charge on any atom is 0.222 e. The number of benzene rings is 1. The van der Waals surface area contributed by atoms with Crippen molar-refractivity contribution in [3.05, 3.63) is 29.8 Å². The fourth-order valence-corrected chi connectivity index (χ4v) is 1.49. The molecular weight excluding hydrogens is 214 g/mol. The molecule has 1 aromatic rings. The van der Waals surface area contributed by atoms with Gasteiger partial charge in [0, 0.05) is 20.5 Å². The first-order chi connectivity index (χ1) is 8.13. The number of carbonyl (C=O) groups excluding carboxylic acids is 1. The highest BCUT2D eigenvalue weighted by atomic mass is 16.5. The molecule has 1 amide bonds. The standard InChI is InChI=1S/C14H21NO2/c1-4-12-7-5-8-13(11-12)17-10-6-9-14(16)15(2)3/h5,7-8,11H,4,6,9-10H2,1-3H3. The van der Waals surface area contributed by atoms with Gasteiger partial charge in [0.1, 0.15) is 5.75 Å². The van der Waals surface area contributed by atoms with Gasteiger partial charge in [0.15, 0.2) is 0 Å². The molecule has 0 aliphatic rings. The van der Waals surface area contributed by atoms with Crippen LogP contribution in [0.5, 0.6) is 5.75 Å². The molecule has 17 heavy (non-hydrogen) atoms. The van der Waals surface area contributed by atoms with Crippen molar-refractivity contribution >= 4 is 5.91 Å². The lowest BCUT2D eigenvalue weighted by Crippen LogP contribution is -2.21. The molecule has 0 atom stereocenters. The van der Waals surface area contributed by atoms with E-state index in [2.05, 4.69) is 13.0 Å². The predicted octanol–water partition coefficient (Wildman–Crippen LogP) is 2.50. The minimum Gasteiger partial charge on any atom is -0.494 e. The molecule has 0 saturated heterocycles. The first-order valence-corrected chi connectivity index (χ1v) is 6.05. The molecule has 3 heteroatoms. The number of hydrogen-bond acceptors (Lipinski definition) is 2. The van der Waals surface area contributed by atoms with Crippen LogP contribution in [0.3, 0.4) is 0 Å². The molecule has 0 aromatic heterocycles. The van der Waals surface area contributed by atoms with Crippen LogP contribution in [-0.4, -0.2) is 31.5 Å². The molecule has 0 radical (unpaired) electrons. The largest absolute Gasteiger partial charge is 0.494 e. The van der Waals surface area contributed by atoms with E-state index in [-0.39, 0.29) is 5.91 Å². The summed E-state index contributed by atoms with van der Waals surface area (Å²) in [6, 6.07) is 8.09. The van der Waals surface area contributed by atoms with E-state index in [9.17, 15) is 4.79 Å². The topological polar surface area (TPSA) is 29.5 Å². The third kappa shape index (κ3) is 4.89. The van der Waals surface area contributed by atoms with E-state index in [4.69, 9.17) is 4.74 Å². The summed E-state index contributed by atoms with van der Waals surface area (Å²) in [6.45, 7) is 2.71. The van der Waals surface area contributed by atoms with Gasteiger partial charge in [-0.25, -0.2) is 0 Å². The second-order valence-electron chi connectivity index (χ2n) is 4.24. The van der Waals surface area contributed by atoms with Crippen molar-refractivity contribution < 1.29 is 9.53 Å². The van der Waals surface area contributed by atoms with Crippen molar-refractivity contribution in [2.24, 2.45) is 0 Å². The van der Waals surface area contributed by atoms with Crippen LogP contribution in [0, 0.1) is 0 Å². The molecule has 3 nitrogen and oxygen atoms in total. The number of carbonyl (C=O) groups is 1. The van der Waals surface area contributed by atoms with Crippen molar-refractivity contribution in [1.29, 1.82) is 0 Å². The van der Waals surface area contributed by atoms with E-state index >= 15 is 0 Å². The molecule has 0 saturated carbocycles. The van der Waals surface area contributed by atoms with Crippen LogP contribution in [0.15, 0.2) is 24.3 Å². The Morgan fingerprint density at radius 2 is 2.12 bits per heavy atom. The molecule has 94 valence electrons. The zero-order valence-corrected chi connectivity index (χ0v) is 10.9. The van der Waals surface area contributed by atoms with Gasteiger partial charge in [-0.15, -0.1) is 0 Å². The van der Waals surface area contributed by atoms with Crippen molar-refractivity contribution in [2.45, 2.75) is 26.2 Å². The van der Waals surface area contributed by atoms with Crippen molar-refractivity contribution in [3.63, 3.8) is 0 Å². The zero-order valence-electron chi connectivity index (χ0n) is 10.9. The molecule has 0 fully saturated rings. The minimum atomic E-state index is 0.149. The molecule has 0 unspecified atom stereocenters. The van der Waals surface area contributed by atoms with E-state index in [0.29, 0.717) is 13.0 Å². The summed E-state index contributed by atoms with van der Waals surface area (Å²) in [6.07, 6.45) is 2.31. The fraction of sp³-hybridized carbons (Fsp3) is 0.500. The maximum absolute atomic E-state index is 11.3. The third-order valence-electron chi connectivity index (χ3n) is 2.61. The van der Waals surface area contributed by atoms with E-state index in [1.54, 1.807) is 19.0 Å². The Morgan fingerprint density at radius 1 is 1.35 bits per heavy atom. The van der Waals surface area contributed by atoms with Gasteiger partial charge >= 0.3 is 0 Å². The van der Waals surface area contributed by atoms with Crippen LogP contribution < -0.4 is 4.74 Å². The summed E-state index contributed by atoms with van der Waals surface area (Å²) in [5, 5.41) is 0. The first-order valence-electron chi connectivity index (χ1n) is 6.05. The lowest BCUT2D eigenvalue weighted by Gasteiger charge is -2.10. The lowest BCUT2D eigenvalue weighted by molar-refractivity contribution is -0.128. The average Bonchev–Trinajstić information content (AvgIpc) is 2.34. The number of hydrogen-bond donors (Lipinski definition) is 0. The summed E-state index contributed by atoms with van der Waals surface area (Å²) < 4.78 is 5.61. The van der Waals surface area contributed by atoms with Gasteiger partial charge in [-0.2, -0.15) is 0 Å². The van der Waals surface area contributed by atoms with Crippen LogP contribution >= 0.6 is 0 Å². The normalized spacial score (nSPS) is 10.1. The average molecular weight is 235 g/mol. The molecule has 1 aromatic carbocycles. The third-order valence-corrected chi connectivity index (χ3v) is 2.61. The molecule has 0 bridgehead atoms. The van der Waals surface area contributed by atoms with Crippen LogP contribution in [0.2, 0.25) is 0 Å². The minimum absolute atomic E-state index is 0.149. The Labute approximate surface area is 103 Å². The Morgan fingerprint density at radius 3 is 2.76 bits per heavy atom. The number of rotatable bonds is 6. The summed E-state index contributed by atoms with van der Waals surface area (Å²) in [4.78, 5) is 12.9. The Hall–Kier alpha value is -1.51. The maximum atomic E-state index is 11.3. The van der Waals surface area contributed by atoms with Gasteiger partial charge in [-0.05, 0) is 30.5 Å². The second kappa shape index (κ2) is 6.94. The lowest BCUT2D eigenvalue weighted by atomic mass is 10.2. The summed E-state index contributed by atoms with van der Waals surface area (Å²) in [5.41, 5.74) is 1.27. The van der Waals surface area contributed by atoms with E-state index in [1.165, 1.54) is 5.56 Å². The van der Waals surface area contributed by atoms with E-state index < -0.39 is 0 Å². The van der Waals surface area contributed by atoms with Gasteiger partial charge in [-0.1, -0.05) is 19.1 Å². The summed E-state index contributed by atoms with van der Waals surface area (Å²) in [7, 11) is 3.54. The predicted molar refractivity (Wildman–Crippen MR) is 69.2 cm³/mol. The smallest absolute Gasteiger partial charge is 0.222 e. The molecule has 0 aliphatic carbocycles. The zero-order chi connectivity index (χ0) is 12.7. The highest BCUT2D eigenvalue weighted by molar-refractivity contribution is 5.75. The van der Waals surface area contributed by atoms with E-state index in [1.807, 2.05) is 18.2 Å². The number of amides is 1. The molecule has 0 aliphatic heterocycles.